The second-order valence-electron chi connectivity index (χ2n) is 7.49. The summed E-state index contributed by atoms with van der Waals surface area (Å²) >= 11 is 0. The van der Waals surface area contributed by atoms with E-state index in [2.05, 4.69) is 20.6 Å². The van der Waals surface area contributed by atoms with Crippen LogP contribution in [0.2, 0.25) is 0 Å². The molecule has 8 heteroatoms. The van der Waals surface area contributed by atoms with Crippen LogP contribution in [0, 0.1) is 0 Å². The quantitative estimate of drug-likeness (QED) is 0.499. The van der Waals surface area contributed by atoms with Gasteiger partial charge in [0.05, 0.1) is 17.8 Å². The van der Waals surface area contributed by atoms with Crippen LogP contribution >= 0.6 is 0 Å². The number of hydrogen-bond donors (Lipinski definition) is 5. The monoisotopic (exact) mass is 363 g/mol. The lowest BCUT2D eigenvalue weighted by Crippen LogP contribution is -2.30. The summed E-state index contributed by atoms with van der Waals surface area (Å²) in [7, 11) is 0. The van der Waals surface area contributed by atoms with E-state index in [1.807, 2.05) is 0 Å². The van der Waals surface area contributed by atoms with Crippen molar-refractivity contribution in [2.45, 2.75) is 82.1 Å². The van der Waals surface area contributed by atoms with E-state index < -0.39 is 5.91 Å². The Labute approximate surface area is 153 Å². The van der Waals surface area contributed by atoms with E-state index in [4.69, 9.17) is 5.73 Å². The molecule has 0 radical (unpaired) electrons. The van der Waals surface area contributed by atoms with Crippen molar-refractivity contribution >= 4 is 17.7 Å². The fourth-order valence-electron chi connectivity index (χ4n) is 3.80. The van der Waals surface area contributed by atoms with Crippen LogP contribution in [0.4, 0.5) is 11.8 Å². The van der Waals surface area contributed by atoms with Crippen LogP contribution in [0.15, 0.2) is 6.20 Å². The van der Waals surface area contributed by atoms with Gasteiger partial charge in [-0.2, -0.15) is 4.98 Å². The lowest BCUT2D eigenvalue weighted by atomic mass is 9.93. The minimum absolute atomic E-state index is 0.0539. The third-order valence-corrected chi connectivity index (χ3v) is 5.32. The molecule has 3 rings (SSSR count). The molecule has 144 valence electrons. The number of primary amides is 1. The maximum absolute atomic E-state index is 11.7. The predicted molar refractivity (Wildman–Crippen MR) is 98.9 cm³/mol. The molecule has 1 heterocycles. The second kappa shape index (κ2) is 8.64. The van der Waals surface area contributed by atoms with Crippen molar-refractivity contribution in [2.24, 2.45) is 5.73 Å². The average Bonchev–Trinajstić information content (AvgIpc) is 2.81. The minimum Gasteiger partial charge on any atom is -0.393 e. The van der Waals surface area contributed by atoms with E-state index in [-0.39, 0.29) is 29.9 Å². The summed E-state index contributed by atoms with van der Waals surface area (Å²) < 4.78 is 0. The third-order valence-electron chi connectivity index (χ3n) is 5.32. The van der Waals surface area contributed by atoms with Crippen molar-refractivity contribution in [1.82, 2.24) is 9.97 Å². The first-order valence-electron chi connectivity index (χ1n) is 9.57. The van der Waals surface area contributed by atoms with Crippen LogP contribution in [-0.4, -0.2) is 50.4 Å². The number of aromatic nitrogens is 2. The topological polar surface area (TPSA) is 133 Å². The first kappa shape index (κ1) is 18.8. The highest BCUT2D eigenvalue weighted by atomic mass is 16.3. The normalized spacial score (nSPS) is 29.6. The number of aliphatic hydroxyl groups is 2. The summed E-state index contributed by atoms with van der Waals surface area (Å²) in [6.07, 6.45) is 8.55. The number of amides is 1. The fourth-order valence-corrected chi connectivity index (χ4v) is 3.80. The molecule has 2 aliphatic rings. The zero-order chi connectivity index (χ0) is 18.5. The SMILES string of the molecule is NC(=O)c1cnc(N[C@H]2CC[C@H](O)CC2)nc1N[C@@H]1CCCC[C@H](O)C1. The third kappa shape index (κ3) is 5.04. The number of carbonyl (C=O) groups is 1. The maximum Gasteiger partial charge on any atom is 0.254 e. The highest BCUT2D eigenvalue weighted by Gasteiger charge is 2.23. The van der Waals surface area contributed by atoms with E-state index in [1.165, 1.54) is 6.20 Å². The van der Waals surface area contributed by atoms with Crippen molar-refractivity contribution in [3.05, 3.63) is 11.8 Å². The van der Waals surface area contributed by atoms with Crippen LogP contribution in [0.1, 0.15) is 68.1 Å². The molecule has 1 aromatic heterocycles. The van der Waals surface area contributed by atoms with Gasteiger partial charge in [0.15, 0.2) is 0 Å². The Morgan fingerprint density at radius 2 is 1.73 bits per heavy atom. The summed E-state index contributed by atoms with van der Waals surface area (Å²) in [5, 5.41) is 26.2. The van der Waals surface area contributed by atoms with Crippen LogP contribution < -0.4 is 16.4 Å². The minimum atomic E-state index is -0.575. The van der Waals surface area contributed by atoms with E-state index >= 15 is 0 Å². The Hall–Kier alpha value is -1.93. The Kier molecular flexibility index (Phi) is 6.26. The van der Waals surface area contributed by atoms with Crippen LogP contribution in [0.3, 0.4) is 0 Å². The van der Waals surface area contributed by atoms with Gasteiger partial charge in [0.2, 0.25) is 5.95 Å². The molecule has 0 spiro atoms. The van der Waals surface area contributed by atoms with Gasteiger partial charge >= 0.3 is 0 Å². The van der Waals surface area contributed by atoms with Gasteiger partial charge in [0.1, 0.15) is 5.82 Å². The number of carbonyl (C=O) groups excluding carboxylic acids is 1. The van der Waals surface area contributed by atoms with Gasteiger partial charge in [0.25, 0.3) is 5.91 Å². The van der Waals surface area contributed by atoms with Crippen LogP contribution in [0.5, 0.6) is 0 Å². The maximum atomic E-state index is 11.7. The van der Waals surface area contributed by atoms with Crippen molar-refractivity contribution in [1.29, 1.82) is 0 Å². The van der Waals surface area contributed by atoms with Gasteiger partial charge < -0.3 is 26.6 Å². The fraction of sp³-hybridized carbons (Fsp3) is 0.722. The Morgan fingerprint density at radius 1 is 1.00 bits per heavy atom. The molecule has 1 amide bonds. The van der Waals surface area contributed by atoms with Crippen molar-refractivity contribution in [3.63, 3.8) is 0 Å². The molecule has 26 heavy (non-hydrogen) atoms. The van der Waals surface area contributed by atoms with Crippen LogP contribution in [-0.2, 0) is 0 Å². The molecular weight excluding hydrogens is 334 g/mol. The Balaban J connectivity index is 1.72. The van der Waals surface area contributed by atoms with Gasteiger partial charge in [0, 0.05) is 18.3 Å². The lowest BCUT2D eigenvalue weighted by Gasteiger charge is -2.26. The molecule has 6 N–H and O–H groups in total. The number of nitrogens with zero attached hydrogens (tertiary/aromatic N) is 2. The summed E-state index contributed by atoms with van der Waals surface area (Å²) in [6, 6.07) is 0.267. The smallest absolute Gasteiger partial charge is 0.254 e. The van der Waals surface area contributed by atoms with Gasteiger partial charge in [-0.3, -0.25) is 4.79 Å². The number of hydrogen-bond acceptors (Lipinski definition) is 7. The highest BCUT2D eigenvalue weighted by Crippen LogP contribution is 2.25. The van der Waals surface area contributed by atoms with Gasteiger partial charge in [-0.15, -0.1) is 0 Å². The first-order valence-corrected chi connectivity index (χ1v) is 9.57. The molecule has 8 nitrogen and oxygen atoms in total. The van der Waals surface area contributed by atoms with Crippen molar-refractivity contribution in [2.75, 3.05) is 10.6 Å². The predicted octanol–water partition coefficient (Wildman–Crippen LogP) is 1.40. The molecule has 0 saturated heterocycles. The summed E-state index contributed by atoms with van der Waals surface area (Å²) in [5.41, 5.74) is 5.73. The molecule has 0 aliphatic heterocycles. The number of nitrogens with one attached hydrogen (secondary N) is 2. The zero-order valence-electron chi connectivity index (χ0n) is 15.0. The summed E-state index contributed by atoms with van der Waals surface area (Å²) in [6.45, 7) is 0. The summed E-state index contributed by atoms with van der Waals surface area (Å²) in [4.78, 5) is 20.4. The molecule has 0 aromatic carbocycles. The first-order chi connectivity index (χ1) is 12.5. The average molecular weight is 363 g/mol. The molecular formula is C18H29N5O3. The molecule has 0 bridgehead atoms. The zero-order valence-corrected chi connectivity index (χ0v) is 15.0. The number of nitrogens with two attached hydrogens (primary N) is 1. The second-order valence-corrected chi connectivity index (χ2v) is 7.49. The molecule has 2 aliphatic carbocycles. The number of rotatable bonds is 5. The molecule has 2 atom stereocenters. The van der Waals surface area contributed by atoms with Crippen LogP contribution in [0.25, 0.3) is 0 Å². The molecule has 0 unspecified atom stereocenters. The largest absolute Gasteiger partial charge is 0.393 e. The Morgan fingerprint density at radius 3 is 2.46 bits per heavy atom. The lowest BCUT2D eigenvalue weighted by molar-refractivity contribution is 0.1000. The van der Waals surface area contributed by atoms with E-state index in [0.29, 0.717) is 18.2 Å². The number of aliphatic hydroxyl groups excluding tert-OH is 2. The standard InChI is InChI=1S/C18H29N5O3/c19-16(26)15-10-20-18(22-11-5-7-13(24)8-6-11)23-17(15)21-12-3-1-2-4-14(25)9-12/h10-14,24-25H,1-9H2,(H2,19,26)(H2,20,21,22,23)/t11-,12-,13-,14+/m1/s1. The van der Waals surface area contributed by atoms with Crippen molar-refractivity contribution < 1.29 is 15.0 Å². The molecule has 2 saturated carbocycles. The molecule has 1 aromatic rings. The molecule has 2 fully saturated rings. The highest BCUT2D eigenvalue weighted by molar-refractivity contribution is 5.97. The van der Waals surface area contributed by atoms with E-state index in [1.54, 1.807) is 0 Å². The Bertz CT molecular complexity index is 619. The summed E-state index contributed by atoms with van der Waals surface area (Å²) in [5.74, 6) is 0.298. The van der Waals surface area contributed by atoms with Gasteiger partial charge in [-0.25, -0.2) is 4.98 Å². The van der Waals surface area contributed by atoms with Crippen molar-refractivity contribution in [3.8, 4) is 0 Å². The van der Waals surface area contributed by atoms with Gasteiger partial charge in [-0.05, 0) is 44.9 Å². The van der Waals surface area contributed by atoms with Gasteiger partial charge in [-0.1, -0.05) is 12.8 Å². The number of anilines is 2. The van der Waals surface area contributed by atoms with E-state index in [0.717, 1.165) is 51.4 Å². The van der Waals surface area contributed by atoms with E-state index in [9.17, 15) is 15.0 Å².